The molecule has 0 N–H and O–H groups in total. The highest BCUT2D eigenvalue weighted by Gasteiger charge is 2.91. The van der Waals surface area contributed by atoms with Crippen LogP contribution in [0.15, 0.2) is 0 Å². The summed E-state index contributed by atoms with van der Waals surface area (Å²) in [5.74, 6) is -45.5. The Kier molecular flexibility index (Phi) is 14.2. The molecule has 0 aliphatic rings. The number of nitriles is 1. The summed E-state index contributed by atoms with van der Waals surface area (Å²) < 4.78 is 476. The predicted molar refractivity (Wildman–Crippen MR) is 101 cm³/mol. The van der Waals surface area contributed by atoms with E-state index in [-0.39, 0.29) is 0 Å². The maximum absolute atomic E-state index is 14.6. The van der Waals surface area contributed by atoms with E-state index in [0.29, 0.717) is 4.74 Å². The van der Waals surface area contributed by atoms with Crippen LogP contribution in [0.5, 0.6) is 0 Å². The van der Waals surface area contributed by atoms with Crippen molar-refractivity contribution < 1.29 is 182 Å². The fourth-order valence-electron chi connectivity index (χ4n) is 2.85. The number of halogens is 35. The zero-order chi connectivity index (χ0) is 50.3. The van der Waals surface area contributed by atoms with Crippen LogP contribution in [-0.2, 0) is 28.5 Å². The fraction of sp³-hybridized carbons (Fsp3) is 0.895. The highest BCUT2D eigenvalue weighted by atomic mass is 19.4. The molecular weight excluding hydrogens is 1000 g/mol. The van der Waals surface area contributed by atoms with Gasteiger partial charge >= 0.3 is 109 Å². The lowest BCUT2D eigenvalue weighted by atomic mass is 10.1. The van der Waals surface area contributed by atoms with Gasteiger partial charge in [-0.1, -0.05) is 0 Å². The van der Waals surface area contributed by atoms with Crippen molar-refractivity contribution in [2.24, 2.45) is 0 Å². The molecule has 0 rings (SSSR count). The van der Waals surface area contributed by atoms with E-state index in [1.165, 1.54) is 0 Å². The summed E-state index contributed by atoms with van der Waals surface area (Å²) in [7, 11) is 0. The van der Waals surface area contributed by atoms with E-state index in [1.807, 2.05) is 0 Å². The first-order valence-corrected chi connectivity index (χ1v) is 12.3. The topological polar surface area (TPSA) is 87.0 Å². The Morgan fingerprint density at radius 1 is 0.311 bits per heavy atom. The lowest BCUT2D eigenvalue weighted by Crippen LogP contribution is -2.73. The van der Waals surface area contributed by atoms with Crippen LogP contribution in [0.2, 0.25) is 0 Å². The minimum Gasteiger partial charge on any atom is -0.264 e. The molecule has 0 fully saturated rings. The molecule has 0 spiro atoms. The molecule has 0 amide bonds. The van der Waals surface area contributed by atoms with E-state index in [4.69, 9.17) is 5.26 Å². The third-order valence-electron chi connectivity index (χ3n) is 5.86. The van der Waals surface area contributed by atoms with Gasteiger partial charge in [-0.05, 0) is 0 Å². The number of carbonyl (C=O) groups excluding carboxylic acids is 1. The lowest BCUT2D eigenvalue weighted by molar-refractivity contribution is -0.598. The molecular formula is C19F35NO6. The Hall–Kier alpha value is -3.49. The Labute approximate surface area is 303 Å². The SMILES string of the molecule is N#CC(F)(C(F)(F)F)C(F)(F)OC(F)(C(F)(F)F)C(F)(F)OC(F)(C(F)(F)F)C(F)(F)OC(F)(C(F)(F)F)C(F)(F)OC(F)(C(F)(F)F)C(F)(F)OC(F)(C(=O)F)C(F)(F)F. The predicted octanol–water partition coefficient (Wildman–Crippen LogP) is 10.5. The number of hydrogen-bond donors (Lipinski definition) is 0. The van der Waals surface area contributed by atoms with E-state index in [9.17, 15) is 158 Å². The van der Waals surface area contributed by atoms with Crippen LogP contribution in [0, 0.1) is 11.3 Å². The summed E-state index contributed by atoms with van der Waals surface area (Å²) in [5.41, 5.74) is -7.72. The first kappa shape index (κ1) is 57.5. The van der Waals surface area contributed by atoms with Crippen molar-refractivity contribution in [2.45, 2.75) is 103 Å². The first-order valence-electron chi connectivity index (χ1n) is 12.3. The molecule has 0 aromatic heterocycles. The Balaban J connectivity index is 8.08. The molecule has 0 saturated carbocycles. The van der Waals surface area contributed by atoms with Crippen LogP contribution in [0.25, 0.3) is 0 Å². The Morgan fingerprint density at radius 3 is 0.656 bits per heavy atom. The summed E-state index contributed by atoms with van der Waals surface area (Å²) in [5, 5.41) is 7.89. The number of alkyl halides is 34. The van der Waals surface area contributed by atoms with E-state index in [0.717, 1.165) is 18.9 Å². The minimum absolute atomic E-state index is 0.687. The molecule has 0 aliphatic carbocycles. The van der Waals surface area contributed by atoms with Crippen molar-refractivity contribution in [2.75, 3.05) is 0 Å². The van der Waals surface area contributed by atoms with Gasteiger partial charge in [0.2, 0.25) is 0 Å². The molecule has 0 heterocycles. The Bertz CT molecular complexity index is 1640. The van der Waals surface area contributed by atoms with Gasteiger partial charge in [-0.15, -0.1) is 0 Å². The summed E-state index contributed by atoms with van der Waals surface area (Å²) in [6.07, 6.45) is -97.8. The summed E-state index contributed by atoms with van der Waals surface area (Å²) in [6.45, 7) is 0. The van der Waals surface area contributed by atoms with Crippen LogP contribution in [-0.4, -0.2) is 109 Å². The lowest BCUT2D eigenvalue weighted by Gasteiger charge is -2.44. The highest BCUT2D eigenvalue weighted by Crippen LogP contribution is 2.62. The highest BCUT2D eigenvalue weighted by molar-refractivity contribution is 5.77. The quantitative estimate of drug-likeness (QED) is 0.112. The summed E-state index contributed by atoms with van der Waals surface area (Å²) >= 11 is 0. The van der Waals surface area contributed by atoms with E-state index < -0.39 is 115 Å². The van der Waals surface area contributed by atoms with Crippen LogP contribution >= 0.6 is 0 Å². The van der Waals surface area contributed by atoms with Crippen LogP contribution in [0.3, 0.4) is 0 Å². The van der Waals surface area contributed by atoms with Crippen molar-refractivity contribution >= 4 is 6.04 Å². The number of carbonyl (C=O) groups is 1. The second kappa shape index (κ2) is 15.1. The third-order valence-corrected chi connectivity index (χ3v) is 5.86. The standard InChI is InChI=1S/C19F35NO6/c20-2(56)4(22,10(30,31)32)57-16(47,48)5(23,11(33,34)35)59-18(51,52)7(25,13(39,40)41)61-19(53,54)8(26,14(42,43)44)60-17(49,50)6(24,12(36,37)38)58-15(45,46)3(21,1-55)9(27,28)29. The molecule has 0 aromatic rings. The van der Waals surface area contributed by atoms with Gasteiger partial charge in [0.25, 0.3) is 0 Å². The Morgan fingerprint density at radius 2 is 0.508 bits per heavy atom. The monoisotopic (exact) mass is 1000 g/mol. The molecule has 0 aromatic carbocycles. The van der Waals surface area contributed by atoms with Crippen molar-refractivity contribution in [1.29, 1.82) is 5.26 Å². The maximum atomic E-state index is 14.6. The zero-order valence-corrected chi connectivity index (χ0v) is 25.6. The van der Waals surface area contributed by atoms with Crippen LogP contribution in [0.4, 0.5) is 154 Å². The van der Waals surface area contributed by atoms with Gasteiger partial charge in [0, 0.05) is 0 Å². The van der Waals surface area contributed by atoms with Crippen molar-refractivity contribution in [3.8, 4) is 6.07 Å². The van der Waals surface area contributed by atoms with Crippen molar-refractivity contribution in [1.82, 2.24) is 0 Å². The number of hydrogen-bond acceptors (Lipinski definition) is 7. The average molecular weight is 1000 g/mol. The van der Waals surface area contributed by atoms with Gasteiger partial charge in [0.1, 0.15) is 6.07 Å². The molecule has 0 bridgehead atoms. The van der Waals surface area contributed by atoms with Gasteiger partial charge in [0.05, 0.1) is 0 Å². The van der Waals surface area contributed by atoms with Gasteiger partial charge in [-0.2, -0.15) is 155 Å². The molecule has 42 heteroatoms. The molecule has 0 radical (unpaired) electrons. The molecule has 61 heavy (non-hydrogen) atoms. The molecule has 6 atom stereocenters. The molecule has 7 nitrogen and oxygen atoms in total. The van der Waals surface area contributed by atoms with E-state index in [2.05, 4.69) is 0 Å². The largest absolute Gasteiger partial charge is 0.459 e. The van der Waals surface area contributed by atoms with Crippen molar-refractivity contribution in [3.05, 3.63) is 0 Å². The number of ether oxygens (including phenoxy) is 5. The van der Waals surface area contributed by atoms with Crippen LogP contribution < -0.4 is 0 Å². The van der Waals surface area contributed by atoms with E-state index in [1.54, 1.807) is 0 Å². The normalized spacial score (nSPS) is 21.2. The molecule has 362 valence electrons. The fourth-order valence-corrected chi connectivity index (χ4v) is 2.85. The molecule has 0 aliphatic heterocycles. The second-order valence-corrected chi connectivity index (χ2v) is 10.1. The average Bonchev–Trinajstić information content (AvgIpc) is 2.95. The van der Waals surface area contributed by atoms with Gasteiger partial charge in [-0.3, -0.25) is 28.5 Å². The number of nitrogens with zero attached hydrogens (tertiary/aromatic N) is 1. The first-order chi connectivity index (χ1) is 25.8. The zero-order valence-electron chi connectivity index (χ0n) is 25.6. The minimum atomic E-state index is -9.62. The van der Waals surface area contributed by atoms with Crippen molar-refractivity contribution in [3.63, 3.8) is 0 Å². The van der Waals surface area contributed by atoms with Gasteiger partial charge in [0.15, 0.2) is 0 Å². The van der Waals surface area contributed by atoms with Gasteiger partial charge in [-0.25, -0.2) is 4.39 Å². The smallest absolute Gasteiger partial charge is 0.264 e. The molecule has 6 unspecified atom stereocenters. The summed E-state index contributed by atoms with van der Waals surface area (Å²) in [4.78, 5) is 10.1. The molecule has 0 saturated heterocycles. The summed E-state index contributed by atoms with van der Waals surface area (Å²) in [6, 6.07) is -6.76. The maximum Gasteiger partial charge on any atom is 0.459 e. The van der Waals surface area contributed by atoms with Gasteiger partial charge < -0.3 is 0 Å². The third kappa shape index (κ3) is 9.28. The van der Waals surface area contributed by atoms with Crippen LogP contribution in [0.1, 0.15) is 0 Å². The second-order valence-electron chi connectivity index (χ2n) is 10.1. The number of rotatable bonds is 16. The van der Waals surface area contributed by atoms with E-state index >= 15 is 0 Å².